The predicted octanol–water partition coefficient (Wildman–Crippen LogP) is 1.18. The van der Waals surface area contributed by atoms with Crippen molar-refractivity contribution in [2.24, 2.45) is 5.92 Å². The van der Waals surface area contributed by atoms with Crippen LogP contribution in [0.4, 0.5) is 0 Å². The van der Waals surface area contributed by atoms with Gasteiger partial charge in [0.1, 0.15) is 0 Å². The minimum Gasteiger partial charge on any atom is -0.481 e. The fraction of sp³-hybridized carbons (Fsp3) is 0.692. The Bertz CT molecular complexity index is 445. The molecule has 0 aliphatic rings. The fourth-order valence-corrected chi connectivity index (χ4v) is 1.58. The molecule has 7 heteroatoms. The van der Waals surface area contributed by atoms with Crippen LogP contribution in [-0.4, -0.2) is 33.7 Å². The first-order valence-electron chi connectivity index (χ1n) is 6.83. The van der Waals surface area contributed by atoms with Crippen molar-refractivity contribution in [2.75, 3.05) is 6.54 Å². The van der Waals surface area contributed by atoms with Crippen LogP contribution in [0.1, 0.15) is 44.8 Å². The highest BCUT2D eigenvalue weighted by Gasteiger charge is 2.12. The molecule has 2 N–H and O–H groups in total. The number of nitrogens with one attached hydrogen (secondary N) is 1. The van der Waals surface area contributed by atoms with E-state index in [1.165, 1.54) is 0 Å². The summed E-state index contributed by atoms with van der Waals surface area (Å²) in [6, 6.07) is 0. The highest BCUT2D eigenvalue weighted by atomic mass is 16.5. The molecule has 1 atom stereocenters. The Balaban J connectivity index is 2.20. The Hall–Kier alpha value is -1.92. The van der Waals surface area contributed by atoms with Crippen LogP contribution in [0.15, 0.2) is 4.52 Å². The highest BCUT2D eigenvalue weighted by Crippen LogP contribution is 2.03. The first kappa shape index (κ1) is 16.1. The van der Waals surface area contributed by atoms with E-state index in [1.54, 1.807) is 6.92 Å². The van der Waals surface area contributed by atoms with Crippen molar-refractivity contribution < 1.29 is 19.2 Å². The molecule has 0 spiro atoms. The maximum Gasteiger partial charge on any atom is 0.306 e. The Morgan fingerprint density at radius 3 is 2.80 bits per heavy atom. The Labute approximate surface area is 117 Å². The summed E-state index contributed by atoms with van der Waals surface area (Å²) < 4.78 is 5.02. The number of carbonyl (C=O) groups excluding carboxylic acids is 1. The van der Waals surface area contributed by atoms with Gasteiger partial charge in [-0.15, -0.1) is 0 Å². The monoisotopic (exact) mass is 283 g/mol. The number of amides is 1. The first-order chi connectivity index (χ1) is 9.52. The van der Waals surface area contributed by atoms with E-state index in [4.69, 9.17) is 9.63 Å². The maximum atomic E-state index is 11.6. The van der Waals surface area contributed by atoms with Crippen molar-refractivity contribution in [3.8, 4) is 0 Å². The molecule has 112 valence electrons. The number of nitrogens with zero attached hydrogens (tertiary/aromatic N) is 2. The van der Waals surface area contributed by atoms with E-state index >= 15 is 0 Å². The number of aryl methyl sites for hydroxylation is 2. The van der Waals surface area contributed by atoms with Crippen LogP contribution >= 0.6 is 0 Å². The molecule has 0 saturated carbocycles. The quantitative estimate of drug-likeness (QED) is 0.705. The van der Waals surface area contributed by atoms with Gasteiger partial charge in [0.15, 0.2) is 5.82 Å². The van der Waals surface area contributed by atoms with Gasteiger partial charge in [0, 0.05) is 25.8 Å². The molecule has 1 aromatic heterocycles. The van der Waals surface area contributed by atoms with E-state index in [0.29, 0.717) is 31.1 Å². The lowest BCUT2D eigenvalue weighted by molar-refractivity contribution is -0.141. The number of hydrogen-bond donors (Lipinski definition) is 2. The van der Waals surface area contributed by atoms with E-state index in [-0.39, 0.29) is 12.3 Å². The first-order valence-corrected chi connectivity index (χ1v) is 6.83. The predicted molar refractivity (Wildman–Crippen MR) is 71.0 cm³/mol. The Morgan fingerprint density at radius 2 is 2.15 bits per heavy atom. The molecule has 0 fully saturated rings. The van der Waals surface area contributed by atoms with E-state index in [1.807, 2.05) is 6.92 Å². The molecular weight excluding hydrogens is 262 g/mol. The van der Waals surface area contributed by atoms with Crippen LogP contribution in [0.25, 0.3) is 0 Å². The lowest BCUT2D eigenvalue weighted by atomic mass is 10.1. The molecule has 1 unspecified atom stereocenters. The summed E-state index contributed by atoms with van der Waals surface area (Å²) in [6.07, 6.45) is 2.79. The number of rotatable bonds is 9. The summed E-state index contributed by atoms with van der Waals surface area (Å²) in [6.45, 7) is 4.00. The number of carbonyl (C=O) groups is 2. The molecule has 0 aliphatic heterocycles. The second-order valence-electron chi connectivity index (χ2n) is 4.73. The van der Waals surface area contributed by atoms with Crippen molar-refractivity contribution in [1.29, 1.82) is 0 Å². The van der Waals surface area contributed by atoms with Crippen LogP contribution < -0.4 is 5.32 Å². The molecule has 0 saturated heterocycles. The summed E-state index contributed by atoms with van der Waals surface area (Å²) >= 11 is 0. The molecule has 20 heavy (non-hydrogen) atoms. The zero-order chi connectivity index (χ0) is 15.0. The van der Waals surface area contributed by atoms with Crippen molar-refractivity contribution in [3.05, 3.63) is 11.7 Å². The number of aromatic nitrogens is 2. The van der Waals surface area contributed by atoms with Crippen LogP contribution in [0.2, 0.25) is 0 Å². The third-order valence-electron chi connectivity index (χ3n) is 2.87. The van der Waals surface area contributed by atoms with Gasteiger partial charge in [0.05, 0.1) is 5.92 Å². The Morgan fingerprint density at radius 1 is 1.40 bits per heavy atom. The minimum atomic E-state index is -0.853. The van der Waals surface area contributed by atoms with Crippen LogP contribution in [0.5, 0.6) is 0 Å². The largest absolute Gasteiger partial charge is 0.481 e. The molecule has 7 nitrogen and oxygen atoms in total. The maximum absolute atomic E-state index is 11.6. The number of carboxylic acids is 1. The van der Waals surface area contributed by atoms with Gasteiger partial charge in [-0.05, 0) is 12.8 Å². The standard InChI is InChI=1S/C13H21N3O4/c1-3-4-10-15-12(20-16-10)6-5-11(17)14-8-7-9(2)13(18)19/h9H,3-8H2,1-2H3,(H,14,17)(H,18,19). The van der Waals surface area contributed by atoms with Crippen LogP contribution in [0.3, 0.4) is 0 Å². The second-order valence-corrected chi connectivity index (χ2v) is 4.73. The van der Waals surface area contributed by atoms with Gasteiger partial charge in [-0.2, -0.15) is 4.98 Å². The van der Waals surface area contributed by atoms with E-state index in [9.17, 15) is 9.59 Å². The van der Waals surface area contributed by atoms with Gasteiger partial charge in [-0.25, -0.2) is 0 Å². The van der Waals surface area contributed by atoms with E-state index in [0.717, 1.165) is 12.8 Å². The van der Waals surface area contributed by atoms with Gasteiger partial charge >= 0.3 is 5.97 Å². The number of carboxylic acid groups (broad SMARTS) is 1. The van der Waals surface area contributed by atoms with E-state index < -0.39 is 11.9 Å². The fourth-order valence-electron chi connectivity index (χ4n) is 1.58. The average molecular weight is 283 g/mol. The zero-order valence-electron chi connectivity index (χ0n) is 11.9. The minimum absolute atomic E-state index is 0.141. The van der Waals surface area contributed by atoms with Crippen molar-refractivity contribution in [3.63, 3.8) is 0 Å². The summed E-state index contributed by atoms with van der Waals surface area (Å²) in [5, 5.41) is 15.2. The molecular formula is C13H21N3O4. The highest BCUT2D eigenvalue weighted by molar-refractivity contribution is 5.76. The lowest BCUT2D eigenvalue weighted by Gasteiger charge is -2.07. The van der Waals surface area contributed by atoms with Gasteiger partial charge in [-0.1, -0.05) is 19.0 Å². The summed E-state index contributed by atoms with van der Waals surface area (Å²) in [5.74, 6) is -0.324. The average Bonchev–Trinajstić information content (AvgIpc) is 2.84. The van der Waals surface area contributed by atoms with Crippen molar-refractivity contribution >= 4 is 11.9 Å². The zero-order valence-corrected chi connectivity index (χ0v) is 11.9. The van der Waals surface area contributed by atoms with Crippen LogP contribution in [-0.2, 0) is 22.4 Å². The van der Waals surface area contributed by atoms with Crippen LogP contribution in [0, 0.1) is 5.92 Å². The smallest absolute Gasteiger partial charge is 0.306 e. The number of aliphatic carboxylic acids is 1. The van der Waals surface area contributed by atoms with Gasteiger partial charge < -0.3 is 14.9 Å². The summed E-state index contributed by atoms with van der Waals surface area (Å²) in [4.78, 5) is 26.3. The molecule has 1 amide bonds. The third-order valence-corrected chi connectivity index (χ3v) is 2.87. The SMILES string of the molecule is CCCc1noc(CCC(=O)NCCC(C)C(=O)O)n1. The van der Waals surface area contributed by atoms with Crippen molar-refractivity contribution in [1.82, 2.24) is 15.5 Å². The molecule has 1 rings (SSSR count). The Kier molecular flexibility index (Phi) is 6.69. The third kappa shape index (κ3) is 5.81. The molecule has 0 aromatic carbocycles. The summed E-state index contributed by atoms with van der Waals surface area (Å²) in [7, 11) is 0. The second kappa shape index (κ2) is 8.29. The van der Waals surface area contributed by atoms with E-state index in [2.05, 4.69) is 15.5 Å². The molecule has 0 aliphatic carbocycles. The summed E-state index contributed by atoms with van der Waals surface area (Å²) in [5.41, 5.74) is 0. The topological polar surface area (TPSA) is 105 Å². The normalized spacial score (nSPS) is 12.1. The van der Waals surface area contributed by atoms with Gasteiger partial charge in [-0.3, -0.25) is 9.59 Å². The lowest BCUT2D eigenvalue weighted by Crippen LogP contribution is -2.27. The molecule has 0 radical (unpaired) electrons. The van der Waals surface area contributed by atoms with Gasteiger partial charge in [0.25, 0.3) is 0 Å². The molecule has 1 aromatic rings. The molecule has 0 bridgehead atoms. The van der Waals surface area contributed by atoms with Crippen molar-refractivity contribution in [2.45, 2.75) is 46.0 Å². The van der Waals surface area contributed by atoms with Gasteiger partial charge in [0.2, 0.25) is 11.8 Å². The number of hydrogen-bond acceptors (Lipinski definition) is 5. The molecule has 1 heterocycles.